The number of thiazole rings is 1. The molecule has 0 aliphatic heterocycles. The van der Waals surface area contributed by atoms with Crippen molar-refractivity contribution in [3.63, 3.8) is 0 Å². The number of hydrogen-bond donors (Lipinski definition) is 2. The molecule has 6 heteroatoms. The Balaban J connectivity index is 2.24. The third-order valence-electron chi connectivity index (χ3n) is 1.69. The summed E-state index contributed by atoms with van der Waals surface area (Å²) in [7, 11) is 0. The standard InChI is InChI=1S/C9H9N3OS2/c10-9-12-7(5-13)8(15-9)14-6-1-3-11-4-2-6/h1-4,13H,5H2,(H2,10,12). The zero-order valence-corrected chi connectivity index (χ0v) is 9.38. The molecular formula is C9H9N3OS2. The summed E-state index contributed by atoms with van der Waals surface area (Å²) < 4.78 is 0.932. The van der Waals surface area contributed by atoms with Gasteiger partial charge in [-0.15, -0.1) is 0 Å². The number of hydrogen-bond acceptors (Lipinski definition) is 6. The molecule has 0 saturated carbocycles. The Hall–Kier alpha value is -1.11. The van der Waals surface area contributed by atoms with Crippen LogP contribution in [-0.4, -0.2) is 15.1 Å². The third kappa shape index (κ3) is 2.47. The van der Waals surface area contributed by atoms with Gasteiger partial charge in [0.1, 0.15) is 0 Å². The fourth-order valence-corrected chi connectivity index (χ4v) is 3.03. The number of rotatable bonds is 3. The van der Waals surface area contributed by atoms with Crippen molar-refractivity contribution in [2.24, 2.45) is 0 Å². The zero-order chi connectivity index (χ0) is 10.7. The van der Waals surface area contributed by atoms with Gasteiger partial charge in [0.2, 0.25) is 0 Å². The van der Waals surface area contributed by atoms with E-state index in [2.05, 4.69) is 9.97 Å². The lowest BCUT2D eigenvalue weighted by Crippen LogP contribution is -1.87. The third-order valence-corrected chi connectivity index (χ3v) is 3.84. The van der Waals surface area contributed by atoms with Gasteiger partial charge in [-0.2, -0.15) is 0 Å². The van der Waals surface area contributed by atoms with Gasteiger partial charge in [0.25, 0.3) is 0 Å². The van der Waals surface area contributed by atoms with Crippen molar-refractivity contribution in [1.82, 2.24) is 9.97 Å². The average molecular weight is 239 g/mol. The summed E-state index contributed by atoms with van der Waals surface area (Å²) in [5, 5.41) is 9.55. The molecule has 78 valence electrons. The SMILES string of the molecule is Nc1nc(CO)c(Sc2ccncc2)s1. The van der Waals surface area contributed by atoms with Gasteiger partial charge in [0.05, 0.1) is 16.5 Å². The van der Waals surface area contributed by atoms with Gasteiger partial charge < -0.3 is 10.8 Å². The van der Waals surface area contributed by atoms with Crippen molar-refractivity contribution in [1.29, 1.82) is 0 Å². The second kappa shape index (κ2) is 4.61. The fraction of sp³-hybridized carbons (Fsp3) is 0.111. The van der Waals surface area contributed by atoms with E-state index in [1.165, 1.54) is 23.1 Å². The summed E-state index contributed by atoms with van der Waals surface area (Å²) in [5.74, 6) is 0. The minimum Gasteiger partial charge on any atom is -0.390 e. The number of nitrogens with zero attached hydrogens (tertiary/aromatic N) is 2. The van der Waals surface area contributed by atoms with Crippen LogP contribution in [0, 0.1) is 0 Å². The maximum absolute atomic E-state index is 9.07. The van der Waals surface area contributed by atoms with Crippen LogP contribution in [0.1, 0.15) is 5.69 Å². The fourth-order valence-electron chi connectivity index (χ4n) is 1.05. The second-order valence-electron chi connectivity index (χ2n) is 2.73. The molecule has 15 heavy (non-hydrogen) atoms. The van der Waals surface area contributed by atoms with Gasteiger partial charge in [-0.3, -0.25) is 4.98 Å². The van der Waals surface area contributed by atoms with Crippen molar-refractivity contribution in [3.8, 4) is 0 Å². The monoisotopic (exact) mass is 239 g/mol. The van der Waals surface area contributed by atoms with Crippen LogP contribution in [0.2, 0.25) is 0 Å². The van der Waals surface area contributed by atoms with Crippen LogP contribution in [0.4, 0.5) is 5.13 Å². The van der Waals surface area contributed by atoms with Gasteiger partial charge in [-0.25, -0.2) is 4.98 Å². The highest BCUT2D eigenvalue weighted by Gasteiger charge is 2.09. The summed E-state index contributed by atoms with van der Waals surface area (Å²) in [5.41, 5.74) is 6.22. The first-order chi connectivity index (χ1) is 7.29. The molecule has 0 fully saturated rings. The smallest absolute Gasteiger partial charge is 0.181 e. The number of aliphatic hydroxyl groups is 1. The number of nitrogen functional groups attached to an aromatic ring is 1. The van der Waals surface area contributed by atoms with Gasteiger partial charge in [0.15, 0.2) is 5.13 Å². The highest BCUT2D eigenvalue weighted by Crippen LogP contribution is 2.35. The minimum absolute atomic E-state index is 0.0822. The van der Waals surface area contributed by atoms with E-state index >= 15 is 0 Å². The molecule has 0 amide bonds. The zero-order valence-electron chi connectivity index (χ0n) is 7.75. The van der Waals surface area contributed by atoms with E-state index < -0.39 is 0 Å². The predicted molar refractivity (Wildman–Crippen MR) is 60.8 cm³/mol. The number of aromatic nitrogens is 2. The molecule has 2 heterocycles. The van der Waals surface area contributed by atoms with Gasteiger partial charge in [-0.05, 0) is 12.1 Å². The number of pyridine rings is 1. The topological polar surface area (TPSA) is 72.0 Å². The van der Waals surface area contributed by atoms with Crippen molar-refractivity contribution in [2.75, 3.05) is 5.73 Å². The summed E-state index contributed by atoms with van der Waals surface area (Å²) >= 11 is 2.92. The predicted octanol–water partition coefficient (Wildman–Crippen LogP) is 1.76. The summed E-state index contributed by atoms with van der Waals surface area (Å²) in [6, 6.07) is 3.81. The average Bonchev–Trinajstić information content (AvgIpc) is 2.60. The quantitative estimate of drug-likeness (QED) is 0.854. The van der Waals surface area contributed by atoms with Crippen LogP contribution in [0.5, 0.6) is 0 Å². The molecule has 0 aromatic carbocycles. The molecule has 0 atom stereocenters. The Morgan fingerprint density at radius 2 is 2.13 bits per heavy atom. The van der Waals surface area contributed by atoms with Gasteiger partial charge >= 0.3 is 0 Å². The van der Waals surface area contributed by atoms with Crippen LogP contribution in [0.3, 0.4) is 0 Å². The molecule has 0 aliphatic rings. The molecule has 3 N–H and O–H groups in total. The molecule has 0 unspecified atom stereocenters. The van der Waals surface area contributed by atoms with E-state index in [0.29, 0.717) is 10.8 Å². The Morgan fingerprint density at radius 1 is 1.40 bits per heavy atom. The number of nitrogens with two attached hydrogens (primary N) is 1. The maximum Gasteiger partial charge on any atom is 0.181 e. The van der Waals surface area contributed by atoms with E-state index in [1.807, 2.05) is 12.1 Å². The minimum atomic E-state index is -0.0822. The molecule has 0 saturated heterocycles. The lowest BCUT2D eigenvalue weighted by atomic mass is 10.5. The second-order valence-corrected chi connectivity index (χ2v) is 5.10. The first-order valence-corrected chi connectivity index (χ1v) is 5.87. The molecular weight excluding hydrogens is 230 g/mol. The van der Waals surface area contributed by atoms with E-state index in [-0.39, 0.29) is 6.61 Å². The van der Waals surface area contributed by atoms with Crippen molar-refractivity contribution in [3.05, 3.63) is 30.2 Å². The highest BCUT2D eigenvalue weighted by molar-refractivity contribution is 8.01. The molecule has 0 bridgehead atoms. The first-order valence-electron chi connectivity index (χ1n) is 4.23. The van der Waals surface area contributed by atoms with E-state index in [4.69, 9.17) is 10.8 Å². The molecule has 2 aromatic rings. The lowest BCUT2D eigenvalue weighted by molar-refractivity contribution is 0.275. The Labute approximate surface area is 95.2 Å². The van der Waals surface area contributed by atoms with Crippen LogP contribution in [0.25, 0.3) is 0 Å². The van der Waals surface area contributed by atoms with Crippen LogP contribution < -0.4 is 5.73 Å². The summed E-state index contributed by atoms with van der Waals surface area (Å²) in [4.78, 5) is 9.03. The molecule has 2 rings (SSSR count). The molecule has 0 spiro atoms. The van der Waals surface area contributed by atoms with Crippen LogP contribution in [0.15, 0.2) is 33.6 Å². The van der Waals surface area contributed by atoms with E-state index in [9.17, 15) is 0 Å². The van der Waals surface area contributed by atoms with Crippen LogP contribution in [-0.2, 0) is 6.61 Å². The largest absolute Gasteiger partial charge is 0.390 e. The van der Waals surface area contributed by atoms with Gasteiger partial charge in [-0.1, -0.05) is 23.1 Å². The Bertz CT molecular complexity index is 444. The number of anilines is 1. The highest BCUT2D eigenvalue weighted by atomic mass is 32.2. The van der Waals surface area contributed by atoms with Crippen molar-refractivity contribution in [2.45, 2.75) is 15.7 Å². The van der Waals surface area contributed by atoms with E-state index in [0.717, 1.165) is 9.10 Å². The first kappa shape index (κ1) is 10.4. The van der Waals surface area contributed by atoms with Crippen molar-refractivity contribution < 1.29 is 5.11 Å². The van der Waals surface area contributed by atoms with Crippen molar-refractivity contribution >= 4 is 28.2 Å². The number of aliphatic hydroxyl groups excluding tert-OH is 1. The van der Waals surface area contributed by atoms with Gasteiger partial charge in [0, 0.05) is 17.3 Å². The Kier molecular flexibility index (Phi) is 3.20. The lowest BCUT2D eigenvalue weighted by Gasteiger charge is -1.98. The Morgan fingerprint density at radius 3 is 2.80 bits per heavy atom. The molecule has 0 radical (unpaired) electrons. The summed E-state index contributed by atoms with van der Waals surface area (Å²) in [6.07, 6.45) is 3.46. The molecule has 2 aromatic heterocycles. The normalized spacial score (nSPS) is 10.5. The maximum atomic E-state index is 9.07. The van der Waals surface area contributed by atoms with E-state index in [1.54, 1.807) is 12.4 Å². The summed E-state index contributed by atoms with van der Waals surface area (Å²) in [6.45, 7) is -0.0822. The van der Waals surface area contributed by atoms with Crippen LogP contribution >= 0.6 is 23.1 Å². The molecule has 0 aliphatic carbocycles. The molecule has 4 nitrogen and oxygen atoms in total.